The van der Waals surface area contributed by atoms with Crippen molar-refractivity contribution in [3.63, 3.8) is 0 Å². The molecule has 0 aromatic rings. The van der Waals surface area contributed by atoms with Crippen molar-refractivity contribution in [2.45, 2.75) is 46.1 Å². The third kappa shape index (κ3) is 2.18. The van der Waals surface area contributed by atoms with Gasteiger partial charge in [0.1, 0.15) is 0 Å². The third-order valence-electron chi connectivity index (χ3n) is 3.22. The van der Waals surface area contributed by atoms with Gasteiger partial charge in [0.25, 0.3) is 0 Å². The van der Waals surface area contributed by atoms with Gasteiger partial charge in [0.15, 0.2) is 0 Å². The highest BCUT2D eigenvalue weighted by atomic mass is 31.2. The maximum Gasteiger partial charge on any atom is 0.513 e. The van der Waals surface area contributed by atoms with Gasteiger partial charge in [-0.1, -0.05) is 20.8 Å². The average Bonchev–Trinajstić information content (AvgIpc) is 2.17. The fourth-order valence-electron chi connectivity index (χ4n) is 2.01. The van der Waals surface area contributed by atoms with Crippen LogP contribution in [0, 0.1) is 5.41 Å². The first-order valence-corrected chi connectivity index (χ1v) is 6.55. The minimum atomic E-state index is -4.27. The zero-order valence-electron chi connectivity index (χ0n) is 8.96. The number of hydrogen-bond acceptors (Lipinski definition) is 3. The molecular weight excluding hydrogens is 206 g/mol. The first-order valence-electron chi connectivity index (χ1n) is 5.12. The molecule has 84 valence electrons. The van der Waals surface area contributed by atoms with Crippen LogP contribution in [0.4, 0.5) is 4.20 Å². The van der Waals surface area contributed by atoms with E-state index in [9.17, 15) is 8.76 Å². The number of rotatable bonds is 3. The van der Waals surface area contributed by atoms with Crippen LogP contribution in [0.5, 0.6) is 0 Å². The average molecular weight is 224 g/mol. The molecule has 1 heterocycles. The highest BCUT2D eigenvalue weighted by Gasteiger charge is 2.47. The van der Waals surface area contributed by atoms with Crippen molar-refractivity contribution >= 4 is 7.91 Å². The van der Waals surface area contributed by atoms with Crippen LogP contribution in [0.2, 0.25) is 0 Å². The molecule has 1 aliphatic heterocycles. The van der Waals surface area contributed by atoms with Gasteiger partial charge in [-0.2, -0.15) is 0 Å². The molecule has 1 fully saturated rings. The molecule has 1 aliphatic rings. The quantitative estimate of drug-likeness (QED) is 0.686. The Hall–Kier alpha value is 0.0800. The van der Waals surface area contributed by atoms with E-state index in [0.29, 0.717) is 6.42 Å². The fourth-order valence-corrected chi connectivity index (χ4v) is 3.16. The minimum Gasteiger partial charge on any atom is -0.283 e. The Morgan fingerprint density at radius 1 is 1.43 bits per heavy atom. The zero-order chi connectivity index (χ0) is 10.8. The van der Waals surface area contributed by atoms with E-state index >= 15 is 0 Å². The van der Waals surface area contributed by atoms with Gasteiger partial charge in [-0.3, -0.25) is 9.05 Å². The molecule has 3 nitrogen and oxygen atoms in total. The molecule has 2 atom stereocenters. The van der Waals surface area contributed by atoms with Gasteiger partial charge in [-0.25, -0.2) is 4.57 Å². The Morgan fingerprint density at radius 3 is 2.43 bits per heavy atom. The molecule has 0 aromatic carbocycles. The first kappa shape index (κ1) is 12.2. The third-order valence-corrected chi connectivity index (χ3v) is 4.17. The summed E-state index contributed by atoms with van der Waals surface area (Å²) >= 11 is 0. The van der Waals surface area contributed by atoms with E-state index in [2.05, 4.69) is 4.52 Å². The second kappa shape index (κ2) is 4.30. The van der Waals surface area contributed by atoms with Crippen molar-refractivity contribution in [3.8, 4) is 0 Å². The van der Waals surface area contributed by atoms with E-state index in [1.54, 1.807) is 0 Å². The summed E-state index contributed by atoms with van der Waals surface area (Å²) in [6.07, 6.45) is 2.07. The summed E-state index contributed by atoms with van der Waals surface area (Å²) in [6.45, 7) is 6.16. The highest BCUT2D eigenvalue weighted by molar-refractivity contribution is 7.48. The molecule has 14 heavy (non-hydrogen) atoms. The van der Waals surface area contributed by atoms with E-state index < -0.39 is 7.91 Å². The summed E-state index contributed by atoms with van der Waals surface area (Å²) in [4.78, 5) is 0. The molecule has 1 saturated heterocycles. The summed E-state index contributed by atoms with van der Waals surface area (Å²) in [7, 11) is -4.27. The van der Waals surface area contributed by atoms with Gasteiger partial charge >= 0.3 is 7.91 Å². The predicted octanol–water partition coefficient (Wildman–Crippen LogP) is 3.70. The summed E-state index contributed by atoms with van der Waals surface area (Å²) in [5.74, 6) is 0. The summed E-state index contributed by atoms with van der Waals surface area (Å²) in [5, 5.41) is 0. The summed E-state index contributed by atoms with van der Waals surface area (Å²) < 4.78 is 33.6. The van der Waals surface area contributed by atoms with E-state index in [4.69, 9.17) is 4.52 Å². The number of hydrogen-bond donors (Lipinski definition) is 0. The lowest BCUT2D eigenvalue weighted by Gasteiger charge is -2.42. The lowest BCUT2D eigenvalue weighted by molar-refractivity contribution is -0.0629. The molecule has 0 saturated carbocycles. The maximum absolute atomic E-state index is 13.0. The monoisotopic (exact) mass is 224 g/mol. The van der Waals surface area contributed by atoms with E-state index in [1.165, 1.54) is 0 Å². The van der Waals surface area contributed by atoms with Gasteiger partial charge < -0.3 is 0 Å². The van der Waals surface area contributed by atoms with Crippen molar-refractivity contribution in [2.75, 3.05) is 6.61 Å². The van der Waals surface area contributed by atoms with E-state index in [1.807, 2.05) is 20.8 Å². The largest absolute Gasteiger partial charge is 0.513 e. The van der Waals surface area contributed by atoms with Crippen molar-refractivity contribution < 1.29 is 17.8 Å². The fraction of sp³-hybridized carbons (Fsp3) is 1.00. The summed E-state index contributed by atoms with van der Waals surface area (Å²) in [6, 6.07) is 0. The highest BCUT2D eigenvalue weighted by Crippen LogP contribution is 2.59. The van der Waals surface area contributed by atoms with Crippen LogP contribution in [0.1, 0.15) is 40.0 Å². The van der Waals surface area contributed by atoms with Crippen molar-refractivity contribution in [3.05, 3.63) is 0 Å². The topological polar surface area (TPSA) is 35.5 Å². The molecule has 1 rings (SSSR count). The van der Waals surface area contributed by atoms with Gasteiger partial charge in [-0.15, -0.1) is 4.20 Å². The summed E-state index contributed by atoms with van der Waals surface area (Å²) in [5.41, 5.74) is -0.172. The molecule has 0 aliphatic carbocycles. The van der Waals surface area contributed by atoms with Crippen molar-refractivity contribution in [1.82, 2.24) is 0 Å². The van der Waals surface area contributed by atoms with Gasteiger partial charge in [0.05, 0.1) is 12.7 Å². The second-order valence-corrected chi connectivity index (χ2v) is 5.11. The normalized spacial score (nSPS) is 37.0. The van der Waals surface area contributed by atoms with Gasteiger partial charge in [0, 0.05) is 5.41 Å². The van der Waals surface area contributed by atoms with Crippen LogP contribution in [-0.4, -0.2) is 12.7 Å². The maximum atomic E-state index is 13.0. The lowest BCUT2D eigenvalue weighted by atomic mass is 9.77. The van der Waals surface area contributed by atoms with E-state index in [-0.39, 0.29) is 18.1 Å². The number of halogens is 1. The Bertz CT molecular complexity index is 240. The van der Waals surface area contributed by atoms with Crippen LogP contribution < -0.4 is 0 Å². The molecule has 0 aromatic heterocycles. The standard InChI is InChI=1S/C9H18FO3P/c1-4-8-9(5-2,6-3)7-12-14(10,11)13-8/h8H,4-7H2,1-3H3. The Kier molecular flexibility index (Phi) is 3.73. The molecule has 0 amide bonds. The molecule has 2 unspecified atom stereocenters. The minimum absolute atomic E-state index is 0.172. The van der Waals surface area contributed by atoms with E-state index in [0.717, 1.165) is 12.8 Å². The Balaban J connectivity index is 2.84. The molecule has 5 heteroatoms. The van der Waals surface area contributed by atoms with Crippen LogP contribution in [0.25, 0.3) is 0 Å². The van der Waals surface area contributed by atoms with Gasteiger partial charge in [0.2, 0.25) is 0 Å². The Morgan fingerprint density at radius 2 is 2.00 bits per heavy atom. The lowest BCUT2D eigenvalue weighted by Crippen LogP contribution is -2.42. The molecule has 0 N–H and O–H groups in total. The van der Waals surface area contributed by atoms with Crippen LogP contribution >= 0.6 is 7.91 Å². The van der Waals surface area contributed by atoms with Crippen LogP contribution in [-0.2, 0) is 13.6 Å². The Labute approximate surface area is 84.6 Å². The molecule has 0 spiro atoms. The van der Waals surface area contributed by atoms with Crippen molar-refractivity contribution in [2.24, 2.45) is 5.41 Å². The SMILES string of the molecule is CCC1OP(=O)(F)OCC1(CC)CC. The first-order chi connectivity index (χ1) is 6.49. The van der Waals surface area contributed by atoms with Crippen LogP contribution in [0.15, 0.2) is 0 Å². The van der Waals surface area contributed by atoms with Crippen LogP contribution in [0.3, 0.4) is 0 Å². The molecule has 0 bridgehead atoms. The molecule has 0 radical (unpaired) electrons. The van der Waals surface area contributed by atoms with Crippen molar-refractivity contribution in [1.29, 1.82) is 0 Å². The smallest absolute Gasteiger partial charge is 0.283 e. The molecular formula is C9H18FO3P. The second-order valence-electron chi connectivity index (χ2n) is 3.78. The zero-order valence-corrected chi connectivity index (χ0v) is 9.85. The van der Waals surface area contributed by atoms with Gasteiger partial charge in [-0.05, 0) is 19.3 Å². The predicted molar refractivity (Wildman–Crippen MR) is 52.8 cm³/mol.